The van der Waals surface area contributed by atoms with Gasteiger partial charge in [-0.25, -0.2) is 0 Å². The predicted octanol–water partition coefficient (Wildman–Crippen LogP) is 2.17. The highest BCUT2D eigenvalue weighted by atomic mass is 79.9. The molecule has 0 radical (unpaired) electrons. The Morgan fingerprint density at radius 1 is 1.67 bits per heavy atom. The molecule has 0 bridgehead atoms. The van der Waals surface area contributed by atoms with Gasteiger partial charge in [-0.2, -0.15) is 5.10 Å². The Hall–Kier alpha value is 0.170. The first-order valence-electron chi connectivity index (χ1n) is 2.53. The average molecular weight is 254 g/mol. The summed E-state index contributed by atoms with van der Waals surface area (Å²) in [7, 11) is 0. The van der Waals surface area contributed by atoms with Crippen molar-refractivity contribution in [3.63, 3.8) is 0 Å². The van der Waals surface area contributed by atoms with Crippen LogP contribution in [0.5, 0.6) is 0 Å². The van der Waals surface area contributed by atoms with E-state index in [0.29, 0.717) is 0 Å². The molecule has 1 rings (SSSR count). The van der Waals surface area contributed by atoms with Crippen molar-refractivity contribution in [3.8, 4) is 0 Å². The largest absolute Gasteiger partial charge is 0.258 e. The third-order valence-electron chi connectivity index (χ3n) is 0.939. The Labute approximate surface area is 70.5 Å². The summed E-state index contributed by atoms with van der Waals surface area (Å²) in [6, 6.07) is 1.90. The van der Waals surface area contributed by atoms with E-state index in [-0.39, 0.29) is 4.95 Å². The fourth-order valence-electron chi connectivity index (χ4n) is 0.517. The van der Waals surface area contributed by atoms with Crippen molar-refractivity contribution in [2.24, 2.45) is 0 Å². The van der Waals surface area contributed by atoms with Gasteiger partial charge in [0.05, 0.1) is 0 Å². The number of hydrogen-bond acceptors (Lipinski definition) is 1. The van der Waals surface area contributed by atoms with Gasteiger partial charge in [0.1, 0.15) is 4.95 Å². The topological polar surface area (TPSA) is 17.8 Å². The lowest BCUT2D eigenvalue weighted by molar-refractivity contribution is 0.662. The Morgan fingerprint density at radius 2 is 2.44 bits per heavy atom. The zero-order valence-corrected chi connectivity index (χ0v) is 7.84. The number of aromatic nitrogens is 2. The van der Waals surface area contributed by atoms with Gasteiger partial charge in [-0.15, -0.1) is 0 Å². The molecule has 0 amide bonds. The van der Waals surface area contributed by atoms with Crippen LogP contribution in [0, 0.1) is 0 Å². The molecule has 0 N–H and O–H groups in total. The molecule has 0 aliphatic carbocycles. The first kappa shape index (κ1) is 7.28. The number of halogens is 2. The third-order valence-corrected chi connectivity index (χ3v) is 3.16. The lowest BCUT2D eigenvalue weighted by atomic mass is 10.7. The zero-order valence-electron chi connectivity index (χ0n) is 4.67. The fraction of sp³-hybridized carbons (Fsp3) is 0.400. The van der Waals surface area contributed by atoms with E-state index in [1.807, 2.05) is 16.9 Å². The highest BCUT2D eigenvalue weighted by Gasteiger charge is 2.01. The number of hydrogen-bond donors (Lipinski definition) is 0. The van der Waals surface area contributed by atoms with Crippen molar-refractivity contribution in [2.75, 3.05) is 5.33 Å². The van der Waals surface area contributed by atoms with E-state index in [1.165, 1.54) is 0 Å². The maximum Gasteiger partial charge on any atom is 0.116 e. The lowest BCUT2D eigenvalue weighted by Crippen LogP contribution is -2.02. The highest BCUT2D eigenvalue weighted by molar-refractivity contribution is 9.11. The number of rotatable bonds is 2. The van der Waals surface area contributed by atoms with Gasteiger partial charge in [0.2, 0.25) is 0 Å². The molecule has 1 atom stereocenters. The van der Waals surface area contributed by atoms with Crippen LogP contribution in [0.2, 0.25) is 0 Å². The molecule has 0 fully saturated rings. The monoisotopic (exact) mass is 252 g/mol. The molecule has 1 aromatic rings. The molecule has 2 nitrogen and oxygen atoms in total. The van der Waals surface area contributed by atoms with Gasteiger partial charge >= 0.3 is 0 Å². The number of alkyl halides is 2. The summed E-state index contributed by atoms with van der Waals surface area (Å²) in [4.78, 5) is 0.271. The van der Waals surface area contributed by atoms with E-state index in [2.05, 4.69) is 37.0 Å². The van der Waals surface area contributed by atoms with Crippen LogP contribution >= 0.6 is 31.9 Å². The van der Waals surface area contributed by atoms with Crippen molar-refractivity contribution < 1.29 is 0 Å². The van der Waals surface area contributed by atoms with Crippen LogP contribution in [-0.2, 0) is 0 Å². The van der Waals surface area contributed by atoms with Gasteiger partial charge in [0.15, 0.2) is 0 Å². The smallest absolute Gasteiger partial charge is 0.116 e. The van der Waals surface area contributed by atoms with Crippen molar-refractivity contribution in [1.82, 2.24) is 9.78 Å². The molecule has 1 heterocycles. The summed E-state index contributed by atoms with van der Waals surface area (Å²) >= 11 is 6.75. The summed E-state index contributed by atoms with van der Waals surface area (Å²) in [5.74, 6) is 0. The molecule has 0 aliphatic heterocycles. The molecule has 9 heavy (non-hydrogen) atoms. The molecule has 0 saturated carbocycles. The second-order valence-corrected chi connectivity index (χ2v) is 3.28. The van der Waals surface area contributed by atoms with Gasteiger partial charge in [0, 0.05) is 17.7 Å². The maximum absolute atomic E-state index is 4.03. The first-order valence-corrected chi connectivity index (χ1v) is 4.57. The Morgan fingerprint density at radius 3 is 2.89 bits per heavy atom. The van der Waals surface area contributed by atoms with Crippen molar-refractivity contribution in [1.29, 1.82) is 0 Å². The minimum absolute atomic E-state index is 0.271. The molecule has 50 valence electrons. The van der Waals surface area contributed by atoms with Crippen LogP contribution in [0.3, 0.4) is 0 Å². The summed E-state index contributed by atoms with van der Waals surface area (Å²) in [5, 5.41) is 4.90. The second-order valence-electron chi connectivity index (χ2n) is 1.57. The van der Waals surface area contributed by atoms with Crippen LogP contribution in [0.15, 0.2) is 18.5 Å². The minimum Gasteiger partial charge on any atom is -0.258 e. The van der Waals surface area contributed by atoms with E-state index < -0.39 is 0 Å². The van der Waals surface area contributed by atoms with Crippen LogP contribution in [0.1, 0.15) is 4.95 Å². The Bertz CT molecular complexity index is 161. The summed E-state index contributed by atoms with van der Waals surface area (Å²) in [6.45, 7) is 0. The highest BCUT2D eigenvalue weighted by Crippen LogP contribution is 2.14. The van der Waals surface area contributed by atoms with Crippen LogP contribution in [0.25, 0.3) is 0 Å². The standard InChI is InChI=1S/C5H6Br2N2/c6-4-5(7)9-3-1-2-8-9/h1-3,5H,4H2. The predicted molar refractivity (Wildman–Crippen MR) is 44.0 cm³/mol. The Balaban J connectivity index is 2.65. The summed E-state index contributed by atoms with van der Waals surface area (Å²) < 4.78 is 1.84. The van der Waals surface area contributed by atoms with E-state index in [9.17, 15) is 0 Å². The molecular weight excluding hydrogens is 248 g/mol. The zero-order chi connectivity index (χ0) is 6.69. The molecule has 1 aromatic heterocycles. The van der Waals surface area contributed by atoms with Crippen molar-refractivity contribution in [2.45, 2.75) is 4.95 Å². The lowest BCUT2D eigenvalue weighted by Gasteiger charge is -2.03. The van der Waals surface area contributed by atoms with Crippen LogP contribution < -0.4 is 0 Å². The van der Waals surface area contributed by atoms with Gasteiger partial charge in [-0.05, 0) is 6.07 Å². The molecule has 0 spiro atoms. The summed E-state index contributed by atoms with van der Waals surface area (Å²) in [6.07, 6.45) is 3.68. The second kappa shape index (κ2) is 3.37. The Kier molecular flexibility index (Phi) is 2.72. The van der Waals surface area contributed by atoms with Gasteiger partial charge < -0.3 is 0 Å². The van der Waals surface area contributed by atoms with Crippen molar-refractivity contribution >= 4 is 31.9 Å². The SMILES string of the molecule is BrCC(Br)n1cccn1. The minimum atomic E-state index is 0.271. The molecule has 1 unspecified atom stereocenters. The first-order chi connectivity index (χ1) is 4.34. The van der Waals surface area contributed by atoms with E-state index >= 15 is 0 Å². The quantitative estimate of drug-likeness (QED) is 0.739. The van der Waals surface area contributed by atoms with Gasteiger partial charge in [-0.3, -0.25) is 4.68 Å². The third kappa shape index (κ3) is 1.79. The van der Waals surface area contributed by atoms with Crippen LogP contribution in [0.4, 0.5) is 0 Å². The molecular formula is C5H6Br2N2. The normalized spacial score (nSPS) is 13.6. The van der Waals surface area contributed by atoms with Crippen molar-refractivity contribution in [3.05, 3.63) is 18.5 Å². The van der Waals surface area contributed by atoms with E-state index in [0.717, 1.165) is 5.33 Å². The maximum atomic E-state index is 4.03. The average Bonchev–Trinajstić information content (AvgIpc) is 2.37. The molecule has 0 aliphatic rings. The van der Waals surface area contributed by atoms with Gasteiger partial charge in [-0.1, -0.05) is 31.9 Å². The van der Waals surface area contributed by atoms with E-state index in [4.69, 9.17) is 0 Å². The molecule has 0 saturated heterocycles. The van der Waals surface area contributed by atoms with Crippen LogP contribution in [-0.4, -0.2) is 15.1 Å². The molecule has 4 heteroatoms. The molecule has 0 aromatic carbocycles. The van der Waals surface area contributed by atoms with Gasteiger partial charge in [0.25, 0.3) is 0 Å². The number of nitrogens with zero attached hydrogens (tertiary/aromatic N) is 2. The fourth-order valence-corrected chi connectivity index (χ4v) is 1.06. The van der Waals surface area contributed by atoms with E-state index in [1.54, 1.807) is 6.20 Å². The summed E-state index contributed by atoms with van der Waals surface area (Å²) in [5.41, 5.74) is 0.